The van der Waals surface area contributed by atoms with Gasteiger partial charge in [0.25, 0.3) is 5.19 Å². The number of hydrogen-bond donors (Lipinski definition) is 0. The molecule has 0 aliphatic heterocycles. The van der Waals surface area contributed by atoms with Crippen molar-refractivity contribution >= 4 is 29.1 Å². The summed E-state index contributed by atoms with van der Waals surface area (Å²) in [6.45, 7) is 10.3. The molecular weight excluding hydrogens is 322 g/mol. The molecule has 1 heterocycles. The molecule has 2 aromatic rings. The van der Waals surface area contributed by atoms with Gasteiger partial charge in [-0.15, -0.1) is 0 Å². The number of benzene rings is 1. The highest BCUT2D eigenvalue weighted by Gasteiger charge is 2.14. The standard InChI is InChI=1S/C18H23N3O2S/c1-7-21(6)10-19-15-8-12(3)16(9-11(15)2)23-18-20-13(4)17(24-18)14(5)22/h8-10H,7H2,1-6H3. The van der Waals surface area contributed by atoms with Crippen LogP contribution in [0.2, 0.25) is 0 Å². The maximum Gasteiger partial charge on any atom is 0.279 e. The zero-order chi connectivity index (χ0) is 17.9. The average Bonchev–Trinajstić information content (AvgIpc) is 2.89. The highest BCUT2D eigenvalue weighted by atomic mass is 32.1. The first-order chi connectivity index (χ1) is 11.3. The largest absolute Gasteiger partial charge is 0.431 e. The minimum Gasteiger partial charge on any atom is -0.431 e. The molecule has 128 valence electrons. The van der Waals surface area contributed by atoms with Gasteiger partial charge in [0.05, 0.1) is 22.6 Å². The van der Waals surface area contributed by atoms with Crippen LogP contribution in [0.1, 0.15) is 40.3 Å². The normalized spacial score (nSPS) is 11.1. The Morgan fingerprint density at radius 2 is 2.04 bits per heavy atom. The Morgan fingerprint density at radius 1 is 1.33 bits per heavy atom. The van der Waals surface area contributed by atoms with E-state index in [1.807, 2.05) is 51.2 Å². The average molecular weight is 345 g/mol. The van der Waals surface area contributed by atoms with Crippen molar-refractivity contribution in [2.24, 2.45) is 4.99 Å². The monoisotopic (exact) mass is 345 g/mol. The van der Waals surface area contributed by atoms with E-state index in [2.05, 4.69) is 16.9 Å². The predicted molar refractivity (Wildman–Crippen MR) is 99.3 cm³/mol. The number of aromatic nitrogens is 1. The third-order valence-electron chi connectivity index (χ3n) is 3.68. The fourth-order valence-corrected chi connectivity index (χ4v) is 2.93. The lowest BCUT2D eigenvalue weighted by atomic mass is 10.1. The molecule has 0 unspecified atom stereocenters. The molecule has 1 aromatic carbocycles. The van der Waals surface area contributed by atoms with Gasteiger partial charge in [-0.05, 0) is 51.0 Å². The van der Waals surface area contributed by atoms with Gasteiger partial charge in [-0.25, -0.2) is 9.98 Å². The topological polar surface area (TPSA) is 54.8 Å². The Kier molecular flexibility index (Phi) is 5.72. The second-order valence-corrected chi connectivity index (χ2v) is 6.74. The summed E-state index contributed by atoms with van der Waals surface area (Å²) in [6, 6.07) is 3.95. The number of aryl methyl sites for hydroxylation is 3. The molecule has 0 radical (unpaired) electrons. The number of carbonyl (C=O) groups excluding carboxylic acids is 1. The van der Waals surface area contributed by atoms with Gasteiger partial charge in [0.2, 0.25) is 0 Å². The van der Waals surface area contributed by atoms with E-state index in [9.17, 15) is 4.79 Å². The number of ketones is 1. The van der Waals surface area contributed by atoms with Crippen LogP contribution in [0.25, 0.3) is 0 Å². The molecule has 1 aromatic heterocycles. The van der Waals surface area contributed by atoms with Gasteiger partial charge in [-0.2, -0.15) is 0 Å². The lowest BCUT2D eigenvalue weighted by molar-refractivity contribution is 0.102. The predicted octanol–water partition coefficient (Wildman–Crippen LogP) is 4.67. The van der Waals surface area contributed by atoms with Crippen LogP contribution in [0.4, 0.5) is 5.69 Å². The Morgan fingerprint density at radius 3 is 2.62 bits per heavy atom. The molecule has 5 nitrogen and oxygen atoms in total. The molecule has 0 aliphatic rings. The summed E-state index contributed by atoms with van der Waals surface area (Å²) < 4.78 is 5.90. The number of thiazole rings is 1. The van der Waals surface area contributed by atoms with Crippen molar-refractivity contribution in [1.82, 2.24) is 9.88 Å². The van der Waals surface area contributed by atoms with Crippen LogP contribution in [0.15, 0.2) is 17.1 Å². The van der Waals surface area contributed by atoms with E-state index in [-0.39, 0.29) is 5.78 Å². The highest BCUT2D eigenvalue weighted by Crippen LogP contribution is 2.34. The Balaban J connectivity index is 2.26. The first-order valence-electron chi connectivity index (χ1n) is 7.83. The second-order valence-electron chi connectivity index (χ2n) is 5.77. The fourth-order valence-electron chi connectivity index (χ4n) is 2.10. The van der Waals surface area contributed by atoms with Crippen LogP contribution >= 0.6 is 11.3 Å². The second kappa shape index (κ2) is 7.57. The lowest BCUT2D eigenvalue weighted by Gasteiger charge is -2.11. The summed E-state index contributed by atoms with van der Waals surface area (Å²) in [5.41, 5.74) is 3.63. The molecule has 0 spiro atoms. The van der Waals surface area contributed by atoms with Crippen LogP contribution in [0.3, 0.4) is 0 Å². The smallest absolute Gasteiger partial charge is 0.279 e. The summed E-state index contributed by atoms with van der Waals surface area (Å²) in [6.07, 6.45) is 1.83. The van der Waals surface area contributed by atoms with Crippen LogP contribution in [0, 0.1) is 20.8 Å². The van der Waals surface area contributed by atoms with Crippen molar-refractivity contribution < 1.29 is 9.53 Å². The molecule has 24 heavy (non-hydrogen) atoms. The first kappa shape index (κ1) is 18.1. The van der Waals surface area contributed by atoms with E-state index in [4.69, 9.17) is 4.74 Å². The zero-order valence-corrected chi connectivity index (χ0v) is 15.8. The Bertz CT molecular complexity index is 781. The third-order valence-corrected chi connectivity index (χ3v) is 4.82. The minimum atomic E-state index is 0.0116. The fraction of sp³-hybridized carbons (Fsp3) is 0.389. The summed E-state index contributed by atoms with van der Waals surface area (Å²) in [5, 5.41) is 0.488. The first-order valence-corrected chi connectivity index (χ1v) is 8.65. The zero-order valence-electron chi connectivity index (χ0n) is 15.0. The summed E-state index contributed by atoms with van der Waals surface area (Å²) in [5.74, 6) is 0.747. The quantitative estimate of drug-likeness (QED) is 0.433. The molecule has 0 fully saturated rings. The molecule has 0 bridgehead atoms. The Hall–Kier alpha value is -2.21. The summed E-state index contributed by atoms with van der Waals surface area (Å²) >= 11 is 1.28. The Labute approximate surface area is 147 Å². The van der Waals surface area contributed by atoms with Crippen molar-refractivity contribution in [2.75, 3.05) is 13.6 Å². The molecule has 0 aliphatic carbocycles. The number of ether oxygens (including phenoxy) is 1. The van der Waals surface area contributed by atoms with Gasteiger partial charge in [0, 0.05) is 20.5 Å². The molecule has 0 saturated carbocycles. The summed E-state index contributed by atoms with van der Waals surface area (Å²) in [7, 11) is 1.99. The van der Waals surface area contributed by atoms with Gasteiger partial charge < -0.3 is 9.64 Å². The van der Waals surface area contributed by atoms with Crippen LogP contribution in [0.5, 0.6) is 10.9 Å². The van der Waals surface area contributed by atoms with Crippen LogP contribution < -0.4 is 4.74 Å². The van der Waals surface area contributed by atoms with Crippen molar-refractivity contribution in [3.63, 3.8) is 0 Å². The van der Waals surface area contributed by atoms with Crippen molar-refractivity contribution in [3.05, 3.63) is 33.8 Å². The van der Waals surface area contributed by atoms with Gasteiger partial charge in [0.1, 0.15) is 5.75 Å². The van der Waals surface area contributed by atoms with Crippen molar-refractivity contribution in [2.45, 2.75) is 34.6 Å². The molecule has 6 heteroatoms. The van der Waals surface area contributed by atoms with Gasteiger partial charge in [-0.1, -0.05) is 11.3 Å². The van der Waals surface area contributed by atoms with Crippen molar-refractivity contribution in [3.8, 4) is 10.9 Å². The number of Topliss-reactive ketones (excluding diaryl/α,β-unsaturated/α-hetero) is 1. The molecule has 0 N–H and O–H groups in total. The molecule has 2 rings (SSSR count). The number of rotatable bonds is 6. The van der Waals surface area contributed by atoms with E-state index in [0.29, 0.717) is 15.8 Å². The number of nitrogens with zero attached hydrogens (tertiary/aromatic N) is 3. The molecular formula is C18H23N3O2S. The summed E-state index contributed by atoms with van der Waals surface area (Å²) in [4.78, 5) is 23.0. The van der Waals surface area contributed by atoms with E-state index in [1.54, 1.807) is 6.92 Å². The SMILES string of the molecule is CCN(C)C=Nc1cc(C)c(Oc2nc(C)c(C(C)=O)s2)cc1C. The maximum absolute atomic E-state index is 11.5. The molecule has 0 saturated heterocycles. The number of aliphatic imine (C=N–C) groups is 1. The van der Waals surface area contributed by atoms with Gasteiger partial charge in [-0.3, -0.25) is 4.79 Å². The number of carbonyl (C=O) groups is 1. The highest BCUT2D eigenvalue weighted by molar-refractivity contribution is 7.15. The van der Waals surface area contributed by atoms with E-state index in [0.717, 1.165) is 29.1 Å². The maximum atomic E-state index is 11.5. The van der Waals surface area contributed by atoms with Gasteiger partial charge >= 0.3 is 0 Å². The van der Waals surface area contributed by atoms with Crippen LogP contribution in [-0.2, 0) is 0 Å². The van der Waals surface area contributed by atoms with E-state index in [1.165, 1.54) is 11.3 Å². The van der Waals surface area contributed by atoms with Crippen LogP contribution in [-0.4, -0.2) is 35.6 Å². The van der Waals surface area contributed by atoms with E-state index >= 15 is 0 Å². The number of hydrogen-bond acceptors (Lipinski definition) is 5. The van der Waals surface area contributed by atoms with Crippen molar-refractivity contribution in [1.29, 1.82) is 0 Å². The minimum absolute atomic E-state index is 0.0116. The molecule has 0 amide bonds. The third kappa shape index (κ3) is 4.20. The van der Waals surface area contributed by atoms with E-state index < -0.39 is 0 Å². The lowest BCUT2D eigenvalue weighted by Crippen LogP contribution is -2.14. The van der Waals surface area contributed by atoms with Gasteiger partial charge in [0.15, 0.2) is 5.78 Å². The molecule has 0 atom stereocenters.